The van der Waals surface area contributed by atoms with Gasteiger partial charge in [0, 0.05) is 26.5 Å². The first-order valence-corrected chi connectivity index (χ1v) is 8.20. The number of rotatable bonds is 3. The number of aromatic nitrogens is 1. The Morgan fingerprint density at radius 1 is 0.913 bits per heavy atom. The fourth-order valence-electron chi connectivity index (χ4n) is 1.65. The van der Waals surface area contributed by atoms with Gasteiger partial charge in [-0.2, -0.15) is 0 Å². The normalized spacial score (nSPS) is 9.04. The van der Waals surface area contributed by atoms with E-state index in [2.05, 4.69) is 4.98 Å². The maximum absolute atomic E-state index is 11.4. The fraction of sp³-hybridized carbons (Fsp3) is 0.421. The molecule has 0 aliphatic rings. The van der Waals surface area contributed by atoms with Gasteiger partial charge in [-0.3, -0.25) is 14.6 Å². The summed E-state index contributed by atoms with van der Waals surface area (Å²) in [5, 5.41) is 0. The van der Waals surface area contributed by atoms with Crippen molar-refractivity contribution in [3.63, 3.8) is 0 Å². The van der Waals surface area contributed by atoms with Crippen molar-refractivity contribution in [3.8, 4) is 0 Å². The van der Waals surface area contributed by atoms with Gasteiger partial charge in [0.2, 0.25) is 10.9 Å². The van der Waals surface area contributed by atoms with E-state index >= 15 is 0 Å². The molecule has 0 unspecified atom stereocenters. The van der Waals surface area contributed by atoms with Crippen LogP contribution >= 0.6 is 0 Å². The highest BCUT2D eigenvalue weighted by atomic mass is 16.2. The van der Waals surface area contributed by atoms with Gasteiger partial charge in [-0.1, -0.05) is 53.7 Å². The van der Waals surface area contributed by atoms with Gasteiger partial charge in [-0.25, -0.2) is 0 Å². The van der Waals surface area contributed by atoms with Crippen molar-refractivity contribution < 1.29 is 0 Å². The van der Waals surface area contributed by atoms with Gasteiger partial charge in [0.25, 0.3) is 0 Å². The molecule has 23 heavy (non-hydrogen) atoms. The Balaban J connectivity index is 0. The first-order valence-electron chi connectivity index (χ1n) is 8.20. The minimum absolute atomic E-state index is 0.416. The molecule has 0 saturated heterocycles. The Morgan fingerprint density at radius 3 is 1.91 bits per heavy atom. The molecule has 0 aliphatic heterocycles. The molecule has 0 N–H and O–H groups in total. The van der Waals surface area contributed by atoms with E-state index in [9.17, 15) is 9.59 Å². The maximum atomic E-state index is 11.4. The zero-order chi connectivity index (χ0) is 18.4. The third kappa shape index (κ3) is 6.59. The predicted molar refractivity (Wildman–Crippen MR) is 103 cm³/mol. The van der Waals surface area contributed by atoms with E-state index in [0.717, 1.165) is 5.56 Å². The number of pyridine rings is 1. The molecular weight excluding hydrogens is 288 g/mol. The van der Waals surface area contributed by atoms with Crippen molar-refractivity contribution in [2.75, 3.05) is 19.0 Å². The standard InChI is InChI=1S/C13H12N2O2.3C2H6/c1-15(2)11-10(12(16)13(11)17)6-5-9-4-3-7-14-8-9;3*1-2/h3-8H,1-2H3;3*1-2H3. The van der Waals surface area contributed by atoms with Crippen LogP contribution in [0.5, 0.6) is 0 Å². The van der Waals surface area contributed by atoms with Gasteiger partial charge in [-0.05, 0) is 17.7 Å². The van der Waals surface area contributed by atoms with Gasteiger partial charge in [-0.15, -0.1) is 0 Å². The molecule has 0 atom stereocenters. The van der Waals surface area contributed by atoms with Crippen molar-refractivity contribution >= 4 is 17.8 Å². The molecule has 0 bridgehead atoms. The smallest absolute Gasteiger partial charge is 0.250 e. The number of hydrogen-bond acceptors (Lipinski definition) is 4. The van der Waals surface area contributed by atoms with Crippen LogP contribution in [0.25, 0.3) is 12.2 Å². The quantitative estimate of drug-likeness (QED) is 0.803. The molecule has 1 aromatic heterocycles. The molecule has 0 fully saturated rings. The van der Waals surface area contributed by atoms with Crippen LogP contribution < -0.4 is 15.8 Å². The largest absolute Gasteiger partial charge is 0.374 e. The highest BCUT2D eigenvalue weighted by Gasteiger charge is 2.19. The molecule has 1 heterocycles. The first kappa shape index (κ1) is 23.0. The lowest BCUT2D eigenvalue weighted by Crippen LogP contribution is -2.39. The van der Waals surface area contributed by atoms with Crippen LogP contribution in [0.3, 0.4) is 0 Å². The summed E-state index contributed by atoms with van der Waals surface area (Å²) < 4.78 is 0. The maximum Gasteiger partial charge on any atom is 0.250 e. The van der Waals surface area contributed by atoms with E-state index in [4.69, 9.17) is 0 Å². The van der Waals surface area contributed by atoms with Crippen LogP contribution in [0.2, 0.25) is 0 Å². The van der Waals surface area contributed by atoms with Crippen LogP contribution in [0, 0.1) is 0 Å². The van der Waals surface area contributed by atoms with Gasteiger partial charge in [0.05, 0.1) is 11.3 Å². The van der Waals surface area contributed by atoms with E-state index in [0.29, 0.717) is 11.3 Å². The Bertz CT molecular complexity index is 622. The van der Waals surface area contributed by atoms with Crippen molar-refractivity contribution in [1.82, 2.24) is 4.98 Å². The van der Waals surface area contributed by atoms with Gasteiger partial charge in [0.15, 0.2) is 0 Å². The topological polar surface area (TPSA) is 50.3 Å². The predicted octanol–water partition coefficient (Wildman–Crippen LogP) is 3.99. The van der Waals surface area contributed by atoms with Gasteiger partial charge >= 0.3 is 0 Å². The lowest BCUT2D eigenvalue weighted by molar-refractivity contribution is 1.09. The van der Waals surface area contributed by atoms with Crippen molar-refractivity contribution in [2.45, 2.75) is 41.5 Å². The van der Waals surface area contributed by atoms with E-state index < -0.39 is 10.9 Å². The van der Waals surface area contributed by atoms with E-state index in [1.165, 1.54) is 0 Å². The summed E-state index contributed by atoms with van der Waals surface area (Å²) in [6.07, 6.45) is 6.81. The molecule has 1 aromatic carbocycles. The van der Waals surface area contributed by atoms with Crippen LogP contribution in [0.4, 0.5) is 5.69 Å². The Labute approximate surface area is 140 Å². The van der Waals surface area contributed by atoms with Crippen LogP contribution in [0.1, 0.15) is 52.7 Å². The summed E-state index contributed by atoms with van der Waals surface area (Å²) in [4.78, 5) is 28.4. The van der Waals surface area contributed by atoms with Crippen molar-refractivity contribution in [1.29, 1.82) is 0 Å². The zero-order valence-electron chi connectivity index (χ0n) is 15.7. The molecule has 128 valence electrons. The van der Waals surface area contributed by atoms with E-state index in [1.54, 1.807) is 43.5 Å². The van der Waals surface area contributed by atoms with Crippen molar-refractivity contribution in [2.24, 2.45) is 0 Å². The summed E-state index contributed by atoms with van der Waals surface area (Å²) in [5.41, 5.74) is 0.985. The van der Waals surface area contributed by atoms with Gasteiger partial charge < -0.3 is 4.90 Å². The SMILES string of the molecule is CC.CC.CC.CN(C)c1c(C=Cc2cccnc2)c(=O)c1=O. The average molecular weight is 318 g/mol. The number of nitrogens with zero attached hydrogens (tertiary/aromatic N) is 2. The molecule has 0 aliphatic carbocycles. The van der Waals surface area contributed by atoms with Crippen LogP contribution in [0.15, 0.2) is 34.1 Å². The third-order valence-corrected chi connectivity index (χ3v) is 2.50. The summed E-state index contributed by atoms with van der Waals surface area (Å²) in [7, 11) is 3.50. The second-order valence-electron chi connectivity index (χ2n) is 3.93. The Morgan fingerprint density at radius 2 is 1.48 bits per heavy atom. The molecule has 4 nitrogen and oxygen atoms in total. The minimum atomic E-state index is -0.422. The summed E-state index contributed by atoms with van der Waals surface area (Å²) >= 11 is 0. The van der Waals surface area contributed by atoms with Crippen LogP contribution in [-0.4, -0.2) is 19.1 Å². The molecule has 0 saturated carbocycles. The molecule has 0 radical (unpaired) electrons. The summed E-state index contributed by atoms with van der Waals surface area (Å²) in [5.74, 6) is 0. The second kappa shape index (κ2) is 13.4. The highest BCUT2D eigenvalue weighted by Crippen LogP contribution is 2.14. The molecule has 4 heteroatoms. The second-order valence-corrected chi connectivity index (χ2v) is 3.93. The minimum Gasteiger partial charge on any atom is -0.374 e. The number of hydrogen-bond donors (Lipinski definition) is 0. The third-order valence-electron chi connectivity index (χ3n) is 2.50. The Hall–Kier alpha value is -2.23. The lowest BCUT2D eigenvalue weighted by Gasteiger charge is -2.15. The first-order chi connectivity index (χ1) is 11.1. The molecule has 0 spiro atoms. The number of anilines is 1. The molecule has 0 amide bonds. The summed E-state index contributed by atoms with van der Waals surface area (Å²) in [6, 6.07) is 3.69. The average Bonchev–Trinajstić information content (AvgIpc) is 2.63. The van der Waals surface area contributed by atoms with Crippen LogP contribution in [-0.2, 0) is 0 Å². The van der Waals surface area contributed by atoms with Gasteiger partial charge in [0.1, 0.15) is 0 Å². The van der Waals surface area contributed by atoms with E-state index in [-0.39, 0.29) is 0 Å². The Kier molecular flexibility index (Phi) is 13.5. The van der Waals surface area contributed by atoms with E-state index in [1.807, 2.05) is 53.7 Å². The highest BCUT2D eigenvalue weighted by molar-refractivity contribution is 5.79. The monoisotopic (exact) mass is 318 g/mol. The van der Waals surface area contributed by atoms with Crippen molar-refractivity contribution in [3.05, 3.63) is 56.1 Å². The molecule has 2 aromatic rings. The molecule has 2 rings (SSSR count). The molecular formula is C19H30N2O2. The zero-order valence-corrected chi connectivity index (χ0v) is 15.7. The lowest BCUT2D eigenvalue weighted by atomic mass is 10.1. The summed E-state index contributed by atoms with van der Waals surface area (Å²) in [6.45, 7) is 12.0. The fourth-order valence-corrected chi connectivity index (χ4v) is 1.65.